The molecular weight excluding hydrogens is 534 g/mol. The van der Waals surface area contributed by atoms with Crippen molar-refractivity contribution in [3.05, 3.63) is 83.4 Å². The lowest BCUT2D eigenvalue weighted by atomic mass is 9.93. The summed E-state index contributed by atoms with van der Waals surface area (Å²) in [5, 5.41) is 28.5. The van der Waals surface area contributed by atoms with Crippen molar-refractivity contribution in [3.63, 3.8) is 0 Å². The number of benzene rings is 3. The molecule has 0 bridgehead atoms. The van der Waals surface area contributed by atoms with Crippen molar-refractivity contribution >= 4 is 34.5 Å². The Balaban J connectivity index is 0.000000686. The molecule has 226 valence electrons. The number of nitrogens with two attached hydrogens (primary N) is 2. The Morgan fingerprint density at radius 3 is 2.14 bits per heavy atom. The quantitative estimate of drug-likeness (QED) is 0.165. The zero-order valence-corrected chi connectivity index (χ0v) is 24.4. The predicted molar refractivity (Wildman–Crippen MR) is 165 cm³/mol. The summed E-state index contributed by atoms with van der Waals surface area (Å²) in [5.41, 5.74) is 14.3. The molecule has 0 aromatic heterocycles. The third kappa shape index (κ3) is 12.1. The Kier molecular flexibility index (Phi) is 14.1. The molecule has 1 heterocycles. The van der Waals surface area contributed by atoms with Crippen LogP contribution in [0.15, 0.2) is 66.7 Å². The average Bonchev–Trinajstić information content (AvgIpc) is 2.95. The molecule has 10 nitrogen and oxygen atoms in total. The Morgan fingerprint density at radius 2 is 1.55 bits per heavy atom. The first-order chi connectivity index (χ1) is 20.0. The minimum absolute atomic E-state index is 0.0378. The van der Waals surface area contributed by atoms with E-state index in [9.17, 15) is 4.79 Å². The fraction of sp³-hybridized carbons (Fsp3) is 0.375. The van der Waals surface area contributed by atoms with Gasteiger partial charge in [-0.05, 0) is 72.2 Å². The van der Waals surface area contributed by atoms with E-state index in [1.807, 2.05) is 41.3 Å². The molecule has 3 aromatic rings. The van der Waals surface area contributed by atoms with E-state index in [2.05, 4.69) is 35.6 Å². The van der Waals surface area contributed by atoms with Gasteiger partial charge in [0.1, 0.15) is 5.84 Å². The predicted octanol–water partition coefficient (Wildman–Crippen LogP) is 3.59. The van der Waals surface area contributed by atoms with Crippen molar-refractivity contribution in [3.8, 4) is 0 Å². The fourth-order valence-corrected chi connectivity index (χ4v) is 4.84. The number of hydrogen-bond acceptors (Lipinski definition) is 6. The molecule has 1 fully saturated rings. The zero-order chi connectivity index (χ0) is 31.1. The van der Waals surface area contributed by atoms with Crippen molar-refractivity contribution < 1.29 is 24.6 Å². The number of rotatable bonds is 9. The Labute approximate surface area is 247 Å². The highest BCUT2D eigenvalue weighted by Crippen LogP contribution is 2.21. The number of likely N-dealkylation sites (tertiary alicyclic amines) is 1. The largest absolute Gasteiger partial charge is 0.481 e. The summed E-state index contributed by atoms with van der Waals surface area (Å²) < 4.78 is 0. The SMILES string of the molecule is CC(=O)O.CC(=O)O.N=C(N)c1cccc(C[C@H](NCc2ccc3ccccc3c2)C(=O)N2CCC(CCN)CC2)c1. The molecule has 4 rings (SSSR count). The van der Waals surface area contributed by atoms with Crippen molar-refractivity contribution in [2.45, 2.75) is 52.1 Å². The smallest absolute Gasteiger partial charge is 0.300 e. The first-order valence-electron chi connectivity index (χ1n) is 14.0. The molecule has 1 saturated heterocycles. The lowest BCUT2D eigenvalue weighted by Gasteiger charge is -2.34. The zero-order valence-electron chi connectivity index (χ0n) is 24.4. The van der Waals surface area contributed by atoms with Gasteiger partial charge in [0.05, 0.1) is 6.04 Å². The van der Waals surface area contributed by atoms with Crippen molar-refractivity contribution in [1.29, 1.82) is 5.41 Å². The van der Waals surface area contributed by atoms with Gasteiger partial charge in [0.2, 0.25) is 5.91 Å². The number of carboxylic acid groups (broad SMARTS) is 2. The maximum Gasteiger partial charge on any atom is 0.300 e. The van der Waals surface area contributed by atoms with Gasteiger partial charge in [0.15, 0.2) is 0 Å². The number of nitrogens with zero attached hydrogens (tertiary/aromatic N) is 1. The second-order valence-electron chi connectivity index (χ2n) is 10.3. The third-order valence-corrected chi connectivity index (χ3v) is 6.84. The van der Waals surface area contributed by atoms with Crippen LogP contribution in [0.2, 0.25) is 0 Å². The third-order valence-electron chi connectivity index (χ3n) is 6.84. The van der Waals surface area contributed by atoms with Crippen LogP contribution in [0.25, 0.3) is 10.8 Å². The van der Waals surface area contributed by atoms with E-state index in [0.717, 1.165) is 57.3 Å². The van der Waals surface area contributed by atoms with Crippen LogP contribution in [0.3, 0.4) is 0 Å². The van der Waals surface area contributed by atoms with Crippen molar-refractivity contribution in [2.24, 2.45) is 17.4 Å². The van der Waals surface area contributed by atoms with E-state index in [1.54, 1.807) is 0 Å². The number of amidine groups is 1. The molecule has 10 heteroatoms. The Hall–Kier alpha value is -4.28. The summed E-state index contributed by atoms with van der Waals surface area (Å²) in [6.45, 7) is 5.05. The van der Waals surface area contributed by atoms with E-state index < -0.39 is 11.9 Å². The van der Waals surface area contributed by atoms with Crippen LogP contribution in [-0.4, -0.2) is 64.5 Å². The number of piperidine rings is 1. The molecule has 42 heavy (non-hydrogen) atoms. The summed E-state index contributed by atoms with van der Waals surface area (Å²) in [4.78, 5) is 33.6. The highest BCUT2D eigenvalue weighted by Gasteiger charge is 2.28. The molecule has 1 amide bonds. The molecule has 0 radical (unpaired) electrons. The minimum atomic E-state index is -0.833. The highest BCUT2D eigenvalue weighted by molar-refractivity contribution is 5.95. The lowest BCUT2D eigenvalue weighted by Crippen LogP contribution is -2.50. The Morgan fingerprint density at radius 1 is 0.929 bits per heavy atom. The molecule has 0 saturated carbocycles. The van der Waals surface area contributed by atoms with E-state index in [1.165, 1.54) is 10.8 Å². The fourth-order valence-electron chi connectivity index (χ4n) is 4.84. The van der Waals surface area contributed by atoms with Gasteiger partial charge < -0.3 is 31.9 Å². The van der Waals surface area contributed by atoms with E-state index in [-0.39, 0.29) is 17.8 Å². The summed E-state index contributed by atoms with van der Waals surface area (Å²) in [5.74, 6) is -0.874. The van der Waals surface area contributed by atoms with Gasteiger partial charge in [-0.3, -0.25) is 19.8 Å². The number of nitrogens with one attached hydrogen (secondary N) is 2. The number of fused-ring (bicyclic) bond motifs is 1. The van der Waals surface area contributed by atoms with Crippen LogP contribution in [0.5, 0.6) is 0 Å². The number of carboxylic acids is 2. The summed E-state index contributed by atoms with van der Waals surface area (Å²) in [7, 11) is 0. The van der Waals surface area contributed by atoms with Crippen molar-refractivity contribution in [2.75, 3.05) is 19.6 Å². The van der Waals surface area contributed by atoms with Gasteiger partial charge >= 0.3 is 0 Å². The van der Waals surface area contributed by atoms with E-state index in [4.69, 9.17) is 36.7 Å². The molecule has 0 unspecified atom stereocenters. The number of aliphatic carboxylic acids is 2. The molecule has 1 aliphatic rings. The second kappa shape index (κ2) is 17.5. The van der Waals surface area contributed by atoms with Crippen LogP contribution in [0, 0.1) is 11.3 Å². The first kappa shape index (κ1) is 33.9. The van der Waals surface area contributed by atoms with Crippen LogP contribution in [0.4, 0.5) is 0 Å². The second-order valence-corrected chi connectivity index (χ2v) is 10.3. The number of nitrogen functional groups attached to an aromatic ring is 1. The van der Waals surface area contributed by atoms with Crippen LogP contribution in [-0.2, 0) is 27.3 Å². The van der Waals surface area contributed by atoms with Crippen LogP contribution < -0.4 is 16.8 Å². The first-order valence-corrected chi connectivity index (χ1v) is 14.0. The molecule has 8 N–H and O–H groups in total. The van der Waals surface area contributed by atoms with Crippen LogP contribution in [0.1, 0.15) is 49.8 Å². The number of amides is 1. The molecule has 0 aliphatic carbocycles. The minimum Gasteiger partial charge on any atom is -0.481 e. The molecule has 1 atom stereocenters. The van der Waals surface area contributed by atoms with Crippen molar-refractivity contribution in [1.82, 2.24) is 10.2 Å². The molecule has 1 aliphatic heterocycles. The van der Waals surface area contributed by atoms with Gasteiger partial charge in [0.25, 0.3) is 11.9 Å². The van der Waals surface area contributed by atoms with E-state index >= 15 is 0 Å². The lowest BCUT2D eigenvalue weighted by molar-refractivity contribution is -0.135. The maximum absolute atomic E-state index is 13.6. The number of carbonyl (C=O) groups is 3. The molecular formula is C32H43N5O5. The Bertz CT molecular complexity index is 1320. The van der Waals surface area contributed by atoms with E-state index in [0.29, 0.717) is 31.0 Å². The average molecular weight is 578 g/mol. The number of carbonyl (C=O) groups excluding carboxylic acids is 1. The summed E-state index contributed by atoms with van der Waals surface area (Å²) >= 11 is 0. The normalized spacial score (nSPS) is 13.6. The van der Waals surface area contributed by atoms with Gasteiger partial charge in [-0.25, -0.2) is 0 Å². The standard InChI is InChI=1S/C28H35N5O.2C2H4O2/c29-13-10-20-11-14-33(15-12-20)28(34)26(18-21-4-3-7-25(16-21)27(30)31)32-19-22-8-9-23-5-1-2-6-24(23)17-22;2*1-2(3)4/h1-9,16-17,20,26,32H,10-15,18-19,29H2,(H3,30,31);2*1H3,(H,3,4)/t26-;;/m0../s1. The van der Waals surface area contributed by atoms with Gasteiger partial charge in [0, 0.05) is 39.0 Å². The van der Waals surface area contributed by atoms with Gasteiger partial charge in [-0.2, -0.15) is 0 Å². The summed E-state index contributed by atoms with van der Waals surface area (Å²) in [6, 6.07) is 22.0. The maximum atomic E-state index is 13.6. The molecule has 0 spiro atoms. The van der Waals surface area contributed by atoms with Gasteiger partial charge in [-0.1, -0.05) is 54.6 Å². The van der Waals surface area contributed by atoms with Gasteiger partial charge in [-0.15, -0.1) is 0 Å². The monoisotopic (exact) mass is 577 g/mol. The topological polar surface area (TPSA) is 183 Å². The number of hydrogen-bond donors (Lipinski definition) is 6. The van der Waals surface area contributed by atoms with Crippen LogP contribution >= 0.6 is 0 Å². The molecule has 3 aromatic carbocycles. The summed E-state index contributed by atoms with van der Waals surface area (Å²) in [6.07, 6.45) is 3.61. The highest BCUT2D eigenvalue weighted by atomic mass is 16.4.